The smallest absolute Gasteiger partial charge is 0.327 e. The van der Waals surface area contributed by atoms with Crippen molar-refractivity contribution in [3.05, 3.63) is 6.20 Å². The van der Waals surface area contributed by atoms with Gasteiger partial charge >= 0.3 is 5.97 Å². The average molecular weight is 293 g/mol. The van der Waals surface area contributed by atoms with Gasteiger partial charge in [0.25, 0.3) is 0 Å². The average Bonchev–Trinajstić information content (AvgIpc) is 2.82. The number of amides is 1. The highest BCUT2D eigenvalue weighted by molar-refractivity contribution is 5.92. The van der Waals surface area contributed by atoms with Gasteiger partial charge in [-0.1, -0.05) is 13.8 Å². The Bertz CT molecular complexity index is 694. The van der Waals surface area contributed by atoms with Crippen LogP contribution in [-0.4, -0.2) is 43.8 Å². The van der Waals surface area contributed by atoms with E-state index >= 15 is 0 Å². The lowest BCUT2D eigenvalue weighted by Crippen LogP contribution is -2.20. The van der Waals surface area contributed by atoms with E-state index in [-0.39, 0.29) is 41.2 Å². The summed E-state index contributed by atoms with van der Waals surface area (Å²) < 4.78 is 5.81. The van der Waals surface area contributed by atoms with Gasteiger partial charge in [-0.05, 0) is 0 Å². The van der Waals surface area contributed by atoms with E-state index in [0.717, 1.165) is 0 Å². The van der Waals surface area contributed by atoms with Gasteiger partial charge in [0.05, 0.1) is 13.3 Å². The predicted octanol–water partition coefficient (Wildman–Crippen LogP) is 0.299. The maximum Gasteiger partial charge on any atom is 0.327 e. The molecule has 9 heteroatoms. The second-order valence-electron chi connectivity index (χ2n) is 4.63. The molecule has 0 spiro atoms. The molecule has 0 aliphatic rings. The van der Waals surface area contributed by atoms with Gasteiger partial charge in [-0.3, -0.25) is 14.9 Å². The molecule has 0 bridgehead atoms. The quantitative estimate of drug-likeness (QED) is 0.778. The van der Waals surface area contributed by atoms with Crippen molar-refractivity contribution in [2.45, 2.75) is 20.4 Å². The Balaban J connectivity index is 2.39. The van der Waals surface area contributed by atoms with Crippen LogP contribution in [0, 0.1) is 5.92 Å². The van der Waals surface area contributed by atoms with Crippen molar-refractivity contribution in [3.8, 4) is 5.88 Å². The molecule has 0 saturated heterocycles. The maximum absolute atomic E-state index is 11.6. The number of ether oxygens (including phenoxy) is 1. The molecule has 0 aliphatic heterocycles. The van der Waals surface area contributed by atoms with Crippen molar-refractivity contribution in [1.82, 2.24) is 19.7 Å². The van der Waals surface area contributed by atoms with Crippen molar-refractivity contribution in [1.29, 1.82) is 0 Å². The van der Waals surface area contributed by atoms with Gasteiger partial charge in [0.2, 0.25) is 17.7 Å². The number of fused-ring (bicyclic) bond motifs is 1. The number of nitrogens with one attached hydrogen (secondary N) is 1. The molecule has 21 heavy (non-hydrogen) atoms. The second-order valence-corrected chi connectivity index (χ2v) is 4.63. The zero-order valence-electron chi connectivity index (χ0n) is 11.8. The third-order valence-electron chi connectivity index (χ3n) is 2.74. The number of aromatic hydroxyl groups is 1. The van der Waals surface area contributed by atoms with E-state index < -0.39 is 5.97 Å². The summed E-state index contributed by atoms with van der Waals surface area (Å²) in [6.45, 7) is 3.28. The molecule has 0 atom stereocenters. The molecule has 0 aliphatic carbocycles. The molecule has 2 aromatic rings. The number of hydrogen-bond acceptors (Lipinski definition) is 7. The topological polar surface area (TPSA) is 119 Å². The van der Waals surface area contributed by atoms with Gasteiger partial charge < -0.3 is 9.84 Å². The molecule has 1 amide bonds. The minimum atomic E-state index is -0.508. The molecule has 9 nitrogen and oxygen atoms in total. The largest absolute Gasteiger partial charge is 0.493 e. The first-order valence-electron chi connectivity index (χ1n) is 6.22. The Morgan fingerprint density at radius 3 is 2.76 bits per heavy atom. The van der Waals surface area contributed by atoms with Crippen LogP contribution in [0.25, 0.3) is 11.0 Å². The first-order chi connectivity index (χ1) is 9.92. The number of hydrogen-bond donors (Lipinski definition) is 2. The molecular formula is C12H15N5O4. The first kappa shape index (κ1) is 14.7. The first-order valence-corrected chi connectivity index (χ1v) is 6.22. The number of methoxy groups -OCH3 is 1. The number of aromatic nitrogens is 4. The minimum Gasteiger partial charge on any atom is -0.493 e. The van der Waals surface area contributed by atoms with Gasteiger partial charge in [-0.2, -0.15) is 15.1 Å². The van der Waals surface area contributed by atoms with Crippen LogP contribution in [0.3, 0.4) is 0 Å². The molecule has 0 aromatic carbocycles. The fourth-order valence-electron chi connectivity index (χ4n) is 1.55. The molecule has 2 heterocycles. The van der Waals surface area contributed by atoms with Gasteiger partial charge in [-0.15, -0.1) is 0 Å². The third-order valence-corrected chi connectivity index (χ3v) is 2.74. The lowest BCUT2D eigenvalue weighted by Gasteiger charge is -2.07. The summed E-state index contributed by atoms with van der Waals surface area (Å²) >= 11 is 0. The Hall–Kier alpha value is -2.71. The van der Waals surface area contributed by atoms with Gasteiger partial charge in [-0.25, -0.2) is 4.68 Å². The monoisotopic (exact) mass is 293 g/mol. The van der Waals surface area contributed by atoms with Crippen LogP contribution >= 0.6 is 0 Å². The lowest BCUT2D eigenvalue weighted by molar-refractivity contribution is -0.141. The third kappa shape index (κ3) is 3.07. The maximum atomic E-state index is 11.6. The van der Waals surface area contributed by atoms with E-state index in [1.807, 2.05) is 0 Å². The normalized spacial score (nSPS) is 10.9. The fourth-order valence-corrected chi connectivity index (χ4v) is 1.55. The van der Waals surface area contributed by atoms with Gasteiger partial charge in [0, 0.05) is 5.92 Å². The van der Waals surface area contributed by atoms with Crippen LogP contribution in [0.2, 0.25) is 0 Å². The summed E-state index contributed by atoms with van der Waals surface area (Å²) in [6.07, 6.45) is 1.33. The van der Waals surface area contributed by atoms with Crippen molar-refractivity contribution >= 4 is 28.9 Å². The van der Waals surface area contributed by atoms with Crippen molar-refractivity contribution in [3.63, 3.8) is 0 Å². The van der Waals surface area contributed by atoms with Gasteiger partial charge in [0.15, 0.2) is 5.65 Å². The highest BCUT2D eigenvalue weighted by atomic mass is 16.5. The van der Waals surface area contributed by atoms with Crippen molar-refractivity contribution < 1.29 is 19.4 Å². The number of anilines is 1. The summed E-state index contributed by atoms with van der Waals surface area (Å²) in [4.78, 5) is 30.8. The molecule has 0 radical (unpaired) electrons. The van der Waals surface area contributed by atoms with E-state index in [2.05, 4.69) is 25.1 Å². The highest BCUT2D eigenvalue weighted by Gasteiger charge is 2.16. The summed E-state index contributed by atoms with van der Waals surface area (Å²) in [5, 5.41) is 16.5. The van der Waals surface area contributed by atoms with Crippen LogP contribution in [0.4, 0.5) is 5.95 Å². The number of carbonyl (C=O) groups excluding carboxylic acids is 2. The molecule has 2 aromatic heterocycles. The summed E-state index contributed by atoms with van der Waals surface area (Å²) in [5.41, 5.74) is 0.229. The van der Waals surface area contributed by atoms with E-state index in [1.54, 1.807) is 13.8 Å². The summed E-state index contributed by atoms with van der Waals surface area (Å²) in [5.74, 6) is -1.43. The van der Waals surface area contributed by atoms with Crippen LogP contribution in [-0.2, 0) is 20.9 Å². The second kappa shape index (κ2) is 5.73. The van der Waals surface area contributed by atoms with E-state index in [1.165, 1.54) is 18.0 Å². The molecule has 2 N–H and O–H groups in total. The van der Waals surface area contributed by atoms with Crippen molar-refractivity contribution in [2.24, 2.45) is 5.92 Å². The molecule has 0 fully saturated rings. The predicted molar refractivity (Wildman–Crippen MR) is 72.5 cm³/mol. The van der Waals surface area contributed by atoms with Gasteiger partial charge in [0.1, 0.15) is 11.9 Å². The lowest BCUT2D eigenvalue weighted by atomic mass is 10.2. The summed E-state index contributed by atoms with van der Waals surface area (Å²) in [6, 6.07) is 0. The Morgan fingerprint density at radius 1 is 1.43 bits per heavy atom. The number of nitrogens with zero attached hydrogens (tertiary/aromatic N) is 4. The Morgan fingerprint density at radius 2 is 2.14 bits per heavy atom. The zero-order chi connectivity index (χ0) is 15.6. The van der Waals surface area contributed by atoms with Crippen LogP contribution in [0.15, 0.2) is 6.20 Å². The Labute approximate surface area is 119 Å². The van der Waals surface area contributed by atoms with Crippen molar-refractivity contribution in [2.75, 3.05) is 12.4 Å². The molecule has 0 unspecified atom stereocenters. The van der Waals surface area contributed by atoms with Crippen LogP contribution < -0.4 is 5.32 Å². The fraction of sp³-hybridized carbons (Fsp3) is 0.417. The van der Waals surface area contributed by atoms with Crippen LogP contribution in [0.1, 0.15) is 13.8 Å². The Kier molecular flexibility index (Phi) is 4.01. The zero-order valence-corrected chi connectivity index (χ0v) is 11.8. The van der Waals surface area contributed by atoms with E-state index in [9.17, 15) is 14.7 Å². The number of carbonyl (C=O) groups is 2. The molecule has 0 saturated carbocycles. The standard InChI is InChI=1S/C12H15N5O4/c1-6(2)10(19)15-12-14-9-7(11(20)16-12)4-13-17(9)5-8(18)21-3/h4,6H,5H2,1-3H3,(H2,14,15,16,19,20). The molecule has 2 rings (SSSR count). The number of esters is 1. The van der Waals surface area contributed by atoms with E-state index in [4.69, 9.17) is 0 Å². The minimum absolute atomic E-state index is 0.0506. The van der Waals surface area contributed by atoms with Crippen LogP contribution in [0.5, 0.6) is 5.88 Å². The van der Waals surface area contributed by atoms with E-state index in [0.29, 0.717) is 0 Å². The SMILES string of the molecule is COC(=O)Cn1ncc2c(O)nc(NC(=O)C(C)C)nc21. The summed E-state index contributed by atoms with van der Waals surface area (Å²) in [7, 11) is 1.26. The molecule has 112 valence electrons. The number of rotatable bonds is 4. The highest BCUT2D eigenvalue weighted by Crippen LogP contribution is 2.22. The molecular weight excluding hydrogens is 278 g/mol.